The lowest BCUT2D eigenvalue weighted by Gasteiger charge is -2.27. The second-order valence-corrected chi connectivity index (χ2v) is 5.99. The summed E-state index contributed by atoms with van der Waals surface area (Å²) in [5.74, 6) is 0. The van der Waals surface area contributed by atoms with E-state index in [-0.39, 0.29) is 0 Å². The molecule has 1 aliphatic heterocycles. The fourth-order valence-corrected chi connectivity index (χ4v) is 2.81. The SMILES string of the molecule is Brc1ccc(-c2cncn2CCN2CCNCC2)cc1. The highest BCUT2D eigenvalue weighted by molar-refractivity contribution is 9.10. The van der Waals surface area contributed by atoms with Gasteiger partial charge in [-0.15, -0.1) is 0 Å². The van der Waals surface area contributed by atoms with Crippen LogP contribution >= 0.6 is 15.9 Å². The molecule has 20 heavy (non-hydrogen) atoms. The molecule has 3 rings (SSSR count). The zero-order valence-corrected chi connectivity index (χ0v) is 13.0. The predicted octanol–water partition coefficient (Wildman–Crippen LogP) is 2.22. The van der Waals surface area contributed by atoms with Crippen LogP contribution in [0.3, 0.4) is 0 Å². The van der Waals surface area contributed by atoms with Gasteiger partial charge >= 0.3 is 0 Å². The molecule has 0 unspecified atom stereocenters. The molecular weight excluding hydrogens is 316 g/mol. The normalized spacial score (nSPS) is 16.4. The van der Waals surface area contributed by atoms with Crippen LogP contribution in [-0.4, -0.2) is 47.2 Å². The number of nitrogens with one attached hydrogen (secondary N) is 1. The van der Waals surface area contributed by atoms with Crippen LogP contribution in [0.4, 0.5) is 0 Å². The van der Waals surface area contributed by atoms with Crippen molar-refractivity contribution >= 4 is 15.9 Å². The summed E-state index contributed by atoms with van der Waals surface area (Å²) in [7, 11) is 0. The molecule has 5 heteroatoms. The average molecular weight is 335 g/mol. The first-order valence-electron chi connectivity index (χ1n) is 7.02. The smallest absolute Gasteiger partial charge is 0.0951 e. The molecule has 0 amide bonds. The lowest BCUT2D eigenvalue weighted by atomic mass is 10.2. The monoisotopic (exact) mass is 334 g/mol. The van der Waals surface area contributed by atoms with E-state index in [0.717, 1.165) is 43.7 Å². The number of hydrogen-bond acceptors (Lipinski definition) is 3. The van der Waals surface area contributed by atoms with Crippen LogP contribution in [0.2, 0.25) is 0 Å². The summed E-state index contributed by atoms with van der Waals surface area (Å²) in [4.78, 5) is 6.81. The number of imidazole rings is 1. The lowest BCUT2D eigenvalue weighted by molar-refractivity contribution is 0.233. The quantitative estimate of drug-likeness (QED) is 0.930. The molecule has 2 heterocycles. The Kier molecular flexibility index (Phi) is 4.50. The van der Waals surface area contributed by atoms with Crippen LogP contribution in [0, 0.1) is 0 Å². The fraction of sp³-hybridized carbons (Fsp3) is 0.400. The van der Waals surface area contributed by atoms with Gasteiger partial charge in [-0.25, -0.2) is 4.98 Å². The Balaban J connectivity index is 1.68. The summed E-state index contributed by atoms with van der Waals surface area (Å²) >= 11 is 3.48. The van der Waals surface area contributed by atoms with E-state index in [9.17, 15) is 0 Å². The molecule has 1 N–H and O–H groups in total. The maximum atomic E-state index is 4.31. The molecule has 0 radical (unpaired) electrons. The molecular formula is C15H19BrN4. The Morgan fingerprint density at radius 3 is 2.60 bits per heavy atom. The van der Waals surface area contributed by atoms with Gasteiger partial charge in [0.15, 0.2) is 0 Å². The summed E-state index contributed by atoms with van der Waals surface area (Å²) in [6.07, 6.45) is 3.88. The first kappa shape index (κ1) is 13.8. The molecule has 0 aliphatic carbocycles. The molecule has 1 aromatic carbocycles. The van der Waals surface area contributed by atoms with Gasteiger partial charge < -0.3 is 9.88 Å². The van der Waals surface area contributed by atoms with Gasteiger partial charge in [-0.05, 0) is 17.7 Å². The minimum atomic E-state index is 0.991. The maximum Gasteiger partial charge on any atom is 0.0951 e. The third kappa shape index (κ3) is 3.29. The van der Waals surface area contributed by atoms with Gasteiger partial charge in [0, 0.05) is 43.7 Å². The second-order valence-electron chi connectivity index (χ2n) is 5.07. The Bertz CT molecular complexity index is 543. The van der Waals surface area contributed by atoms with E-state index in [1.165, 1.54) is 11.3 Å². The molecule has 106 valence electrons. The van der Waals surface area contributed by atoms with Crippen LogP contribution < -0.4 is 5.32 Å². The molecule has 1 aliphatic rings. The van der Waals surface area contributed by atoms with E-state index in [0.29, 0.717) is 0 Å². The number of piperazine rings is 1. The van der Waals surface area contributed by atoms with E-state index in [1.54, 1.807) is 0 Å². The number of aromatic nitrogens is 2. The van der Waals surface area contributed by atoms with E-state index in [2.05, 4.69) is 60.0 Å². The van der Waals surface area contributed by atoms with Crippen molar-refractivity contribution in [3.63, 3.8) is 0 Å². The van der Waals surface area contributed by atoms with Gasteiger partial charge in [0.2, 0.25) is 0 Å². The van der Waals surface area contributed by atoms with Gasteiger partial charge in [0.1, 0.15) is 0 Å². The topological polar surface area (TPSA) is 33.1 Å². The van der Waals surface area contributed by atoms with E-state index >= 15 is 0 Å². The average Bonchev–Trinajstić information content (AvgIpc) is 2.95. The van der Waals surface area contributed by atoms with Crippen LogP contribution in [0.25, 0.3) is 11.3 Å². The van der Waals surface area contributed by atoms with Gasteiger partial charge in [0.05, 0.1) is 18.2 Å². The summed E-state index contributed by atoms with van der Waals surface area (Å²) < 4.78 is 3.35. The van der Waals surface area contributed by atoms with Crippen LogP contribution in [0.15, 0.2) is 41.3 Å². The Hall–Kier alpha value is -1.17. The number of hydrogen-bond donors (Lipinski definition) is 1. The largest absolute Gasteiger partial charge is 0.329 e. The zero-order valence-electron chi connectivity index (χ0n) is 11.4. The molecule has 0 saturated carbocycles. The number of benzene rings is 1. The third-order valence-corrected chi connectivity index (χ3v) is 4.25. The molecule has 0 atom stereocenters. The minimum absolute atomic E-state index is 0.991. The van der Waals surface area contributed by atoms with Crippen molar-refractivity contribution in [2.45, 2.75) is 6.54 Å². The molecule has 2 aromatic rings. The zero-order chi connectivity index (χ0) is 13.8. The summed E-state index contributed by atoms with van der Waals surface area (Å²) in [5, 5.41) is 3.39. The highest BCUT2D eigenvalue weighted by Crippen LogP contribution is 2.21. The highest BCUT2D eigenvalue weighted by Gasteiger charge is 2.10. The Labute approximate surface area is 127 Å². The lowest BCUT2D eigenvalue weighted by Crippen LogP contribution is -2.44. The van der Waals surface area contributed by atoms with Gasteiger partial charge in [0.25, 0.3) is 0 Å². The molecule has 4 nitrogen and oxygen atoms in total. The first-order chi connectivity index (χ1) is 9.83. The van der Waals surface area contributed by atoms with Crippen LogP contribution in [0.1, 0.15) is 0 Å². The summed E-state index contributed by atoms with van der Waals surface area (Å²) in [6, 6.07) is 8.40. The molecule has 0 spiro atoms. The summed E-state index contributed by atoms with van der Waals surface area (Å²) in [6.45, 7) is 6.56. The number of nitrogens with zero attached hydrogens (tertiary/aromatic N) is 3. The van der Waals surface area contributed by atoms with E-state index < -0.39 is 0 Å². The number of rotatable bonds is 4. The standard InChI is InChI=1S/C15H19BrN4/c16-14-3-1-13(2-4-14)15-11-18-12-20(15)10-9-19-7-5-17-6-8-19/h1-4,11-12,17H,5-10H2. The molecule has 1 saturated heterocycles. The Morgan fingerprint density at radius 1 is 1.10 bits per heavy atom. The first-order valence-corrected chi connectivity index (χ1v) is 7.81. The van der Waals surface area contributed by atoms with Crippen molar-refractivity contribution in [1.29, 1.82) is 0 Å². The van der Waals surface area contributed by atoms with Crippen molar-refractivity contribution in [2.24, 2.45) is 0 Å². The third-order valence-electron chi connectivity index (χ3n) is 3.72. The second kappa shape index (κ2) is 6.52. The molecule has 1 fully saturated rings. The molecule has 0 bridgehead atoms. The van der Waals surface area contributed by atoms with Crippen molar-refractivity contribution in [3.05, 3.63) is 41.3 Å². The van der Waals surface area contributed by atoms with Gasteiger partial charge in [-0.2, -0.15) is 0 Å². The van der Waals surface area contributed by atoms with Crippen molar-refractivity contribution in [3.8, 4) is 11.3 Å². The van der Waals surface area contributed by atoms with Gasteiger partial charge in [-0.3, -0.25) is 4.90 Å². The highest BCUT2D eigenvalue weighted by atomic mass is 79.9. The molecule has 1 aromatic heterocycles. The van der Waals surface area contributed by atoms with Crippen molar-refractivity contribution in [1.82, 2.24) is 19.8 Å². The van der Waals surface area contributed by atoms with E-state index in [4.69, 9.17) is 0 Å². The predicted molar refractivity (Wildman–Crippen MR) is 84.7 cm³/mol. The maximum absolute atomic E-state index is 4.31. The fourth-order valence-electron chi connectivity index (χ4n) is 2.54. The van der Waals surface area contributed by atoms with Crippen molar-refractivity contribution in [2.75, 3.05) is 32.7 Å². The van der Waals surface area contributed by atoms with Crippen LogP contribution in [-0.2, 0) is 6.54 Å². The van der Waals surface area contributed by atoms with Crippen LogP contribution in [0.5, 0.6) is 0 Å². The Morgan fingerprint density at radius 2 is 1.85 bits per heavy atom. The van der Waals surface area contributed by atoms with Crippen molar-refractivity contribution < 1.29 is 0 Å². The summed E-state index contributed by atoms with van der Waals surface area (Å²) in [5.41, 5.74) is 2.40. The van der Waals surface area contributed by atoms with E-state index in [1.807, 2.05) is 12.5 Å². The number of halogens is 1. The van der Waals surface area contributed by atoms with Gasteiger partial charge in [-0.1, -0.05) is 28.1 Å². The minimum Gasteiger partial charge on any atom is -0.329 e.